The Morgan fingerprint density at radius 1 is 0.236 bits per heavy atom. The van der Waals surface area contributed by atoms with Gasteiger partial charge >= 0.3 is 0 Å². The van der Waals surface area contributed by atoms with Crippen molar-refractivity contribution in [1.82, 2.24) is 17.9 Å². The molecule has 0 saturated carbocycles. The summed E-state index contributed by atoms with van der Waals surface area (Å²) in [5.41, 5.74) is 17.7. The van der Waals surface area contributed by atoms with Crippen molar-refractivity contribution in [2.24, 2.45) is 0 Å². The molecule has 19 aromatic rings. The van der Waals surface area contributed by atoms with Crippen LogP contribution in [0.2, 0.25) is 0 Å². The van der Waals surface area contributed by atoms with E-state index in [1.54, 1.807) is 0 Å². The maximum Gasteiger partial charge on any atom is 0.159 e. The highest BCUT2D eigenvalue weighted by Gasteiger charge is 2.29. The Bertz CT molecular complexity index is 5300. The second-order valence-corrected chi connectivity index (χ2v) is 19.9. The zero-order valence-electron chi connectivity index (χ0n) is 38.2. The fraction of sp³-hybridized carbons (Fsp3) is 0. The van der Waals surface area contributed by atoms with Crippen molar-refractivity contribution in [3.05, 3.63) is 206 Å². The molecule has 19 rings (SSSR count). The van der Waals surface area contributed by atoms with Crippen molar-refractivity contribution in [3.63, 3.8) is 0 Å². The van der Waals surface area contributed by atoms with E-state index >= 15 is 0 Å². The molecule has 330 valence electrons. The highest BCUT2D eigenvalue weighted by Crippen LogP contribution is 2.52. The van der Waals surface area contributed by atoms with E-state index in [4.69, 9.17) is 8.83 Å². The molecule has 0 fully saturated rings. The first-order chi connectivity index (χ1) is 35.8. The van der Waals surface area contributed by atoms with Gasteiger partial charge in [-0.25, -0.2) is 0 Å². The third kappa shape index (κ3) is 4.05. The number of nitrogens with zero attached hydrogens (tertiary/aromatic N) is 4. The van der Waals surface area contributed by atoms with Crippen LogP contribution in [0.25, 0.3) is 175 Å². The van der Waals surface area contributed by atoms with Gasteiger partial charge < -0.3 is 26.8 Å². The lowest BCUT2D eigenvalue weighted by Gasteiger charge is -2.10. The number of furan rings is 2. The highest BCUT2D eigenvalue weighted by atomic mass is 16.3. The maximum absolute atomic E-state index is 6.79. The van der Waals surface area contributed by atoms with E-state index in [-0.39, 0.29) is 0 Å². The summed E-state index contributed by atoms with van der Waals surface area (Å²) in [4.78, 5) is 0. The number of rotatable bonds is 2. The summed E-state index contributed by atoms with van der Waals surface area (Å²) >= 11 is 0. The van der Waals surface area contributed by atoms with Crippen LogP contribution in [0.1, 0.15) is 0 Å². The zero-order valence-corrected chi connectivity index (χ0v) is 38.2. The Labute approximate surface area is 406 Å². The molecule has 0 aliphatic heterocycles. The molecule has 0 aliphatic rings. The lowest BCUT2D eigenvalue weighted by Crippen LogP contribution is -1.95. The largest absolute Gasteiger partial charge is 0.454 e. The van der Waals surface area contributed by atoms with Crippen LogP contribution in [0, 0.1) is 0 Å². The average Bonchev–Trinajstić information content (AvgIpc) is 4.32. The number of hydrogen-bond acceptors (Lipinski definition) is 2. The Hall–Kier alpha value is -9.78. The molecule has 11 aromatic carbocycles. The Morgan fingerprint density at radius 2 is 0.597 bits per heavy atom. The molecule has 0 N–H and O–H groups in total. The van der Waals surface area contributed by atoms with Crippen molar-refractivity contribution in [2.45, 2.75) is 0 Å². The molecule has 6 nitrogen and oxygen atoms in total. The molecule has 0 aliphatic carbocycles. The first-order valence-electron chi connectivity index (χ1n) is 24.8. The predicted molar refractivity (Wildman–Crippen MR) is 299 cm³/mol. The second-order valence-electron chi connectivity index (χ2n) is 19.9. The summed E-state index contributed by atoms with van der Waals surface area (Å²) in [6, 6.07) is 75.7. The fourth-order valence-electron chi connectivity index (χ4n) is 13.8. The third-order valence-corrected chi connectivity index (χ3v) is 16.6. The standard InChI is InChI=1S/C66H34N4O2/c1-7-23-49-35(15-1)45-31-47-43-33-56-44(34-55(43)69-51-25-9-3-19-41(51)59(63(47)69)61(45)67(49)53-27-13-21-39-37-17-5-11-29-57(37)71-65(39)53)48-32-46-36-16-2-8-24-50(36)68(62(46)60-42-20-4-10-26-52(42)70(56)64(48)60)54-28-14-22-40-38-18-6-12-30-58(38)72-66(40)54/h1-34H. The lowest BCUT2D eigenvalue weighted by molar-refractivity contribution is 0.666. The van der Waals surface area contributed by atoms with Gasteiger partial charge in [-0.1, -0.05) is 133 Å². The van der Waals surface area contributed by atoms with Crippen LogP contribution in [0.4, 0.5) is 0 Å². The molecular formula is C66H34N4O2. The van der Waals surface area contributed by atoms with Crippen LogP contribution in [-0.2, 0) is 0 Å². The molecule has 0 spiro atoms. The Morgan fingerprint density at radius 3 is 1.06 bits per heavy atom. The molecule has 0 unspecified atom stereocenters. The van der Waals surface area contributed by atoms with Gasteiger partial charge in [0.15, 0.2) is 11.2 Å². The van der Waals surface area contributed by atoms with Crippen LogP contribution in [0.3, 0.4) is 0 Å². The van der Waals surface area contributed by atoms with Gasteiger partial charge in [-0.15, -0.1) is 0 Å². The van der Waals surface area contributed by atoms with E-state index < -0.39 is 0 Å². The third-order valence-electron chi connectivity index (χ3n) is 16.6. The van der Waals surface area contributed by atoms with E-state index in [0.29, 0.717) is 0 Å². The van der Waals surface area contributed by atoms with Crippen LogP contribution >= 0.6 is 0 Å². The van der Waals surface area contributed by atoms with E-state index in [0.717, 1.165) is 66.3 Å². The molecule has 72 heavy (non-hydrogen) atoms. The monoisotopic (exact) mass is 914 g/mol. The molecule has 6 heteroatoms. The van der Waals surface area contributed by atoms with Crippen molar-refractivity contribution < 1.29 is 8.83 Å². The first-order valence-corrected chi connectivity index (χ1v) is 24.8. The summed E-state index contributed by atoms with van der Waals surface area (Å²) in [5, 5.41) is 19.3. The minimum atomic E-state index is 0.893. The van der Waals surface area contributed by atoms with Gasteiger partial charge in [0.2, 0.25) is 0 Å². The molecule has 0 bridgehead atoms. The summed E-state index contributed by atoms with van der Waals surface area (Å²) in [5.74, 6) is 0. The molecule has 8 heterocycles. The zero-order chi connectivity index (χ0) is 46.2. The van der Waals surface area contributed by atoms with Gasteiger partial charge in [0.25, 0.3) is 0 Å². The molecule has 0 saturated heterocycles. The van der Waals surface area contributed by atoms with Gasteiger partial charge in [-0.3, -0.25) is 0 Å². The van der Waals surface area contributed by atoms with Gasteiger partial charge in [-0.05, 0) is 72.8 Å². The van der Waals surface area contributed by atoms with Gasteiger partial charge in [0.05, 0.1) is 66.5 Å². The topological polar surface area (TPSA) is 45.0 Å². The molecule has 0 atom stereocenters. The smallest absolute Gasteiger partial charge is 0.159 e. The SMILES string of the molecule is c1ccc2c(c1)oc1c(-n3c4ccccc4c4cc5c6cc7c(cc6n6c8ccccc8c(c43)c56)c3cc4c5ccccc5n(-c5cccc6c5oc5ccccc56)c4c4c5ccccc5n7c34)cccc12. The molecular weight excluding hydrogens is 881 g/mol. The van der Waals surface area contributed by atoms with Crippen molar-refractivity contribution in [1.29, 1.82) is 0 Å². The van der Waals surface area contributed by atoms with Gasteiger partial charge in [0.1, 0.15) is 11.2 Å². The Balaban J connectivity index is 0.985. The van der Waals surface area contributed by atoms with E-state index in [9.17, 15) is 0 Å². The minimum Gasteiger partial charge on any atom is -0.454 e. The summed E-state index contributed by atoms with van der Waals surface area (Å²) < 4.78 is 23.6. The number of hydrogen-bond donors (Lipinski definition) is 0. The first kappa shape index (κ1) is 36.2. The lowest BCUT2D eigenvalue weighted by atomic mass is 10.0. The van der Waals surface area contributed by atoms with Crippen molar-refractivity contribution >= 4 is 164 Å². The quantitative estimate of drug-likeness (QED) is 0.173. The molecule has 0 amide bonds. The molecule has 0 radical (unpaired) electrons. The number of benzene rings is 11. The fourth-order valence-corrected chi connectivity index (χ4v) is 13.8. The normalized spacial score (nSPS) is 13.0. The van der Waals surface area contributed by atoms with Gasteiger partial charge in [0, 0.05) is 86.2 Å². The molecule has 8 aromatic heterocycles. The van der Waals surface area contributed by atoms with Crippen LogP contribution < -0.4 is 0 Å². The van der Waals surface area contributed by atoms with Crippen LogP contribution in [0.15, 0.2) is 215 Å². The summed E-state index contributed by atoms with van der Waals surface area (Å²) in [6.07, 6.45) is 0. The summed E-state index contributed by atoms with van der Waals surface area (Å²) in [7, 11) is 0. The average molecular weight is 915 g/mol. The number of fused-ring (bicyclic) bond motifs is 26. The second kappa shape index (κ2) is 12.3. The predicted octanol–water partition coefficient (Wildman–Crippen LogP) is 18.0. The number of aromatic nitrogens is 4. The van der Waals surface area contributed by atoms with E-state index in [1.807, 2.05) is 0 Å². The van der Waals surface area contributed by atoms with Crippen LogP contribution in [-0.4, -0.2) is 17.9 Å². The summed E-state index contributed by atoms with van der Waals surface area (Å²) in [6.45, 7) is 0. The van der Waals surface area contributed by atoms with E-state index in [2.05, 4.69) is 224 Å². The van der Waals surface area contributed by atoms with Crippen molar-refractivity contribution in [3.8, 4) is 11.4 Å². The highest BCUT2D eigenvalue weighted by molar-refractivity contribution is 6.38. The van der Waals surface area contributed by atoms with E-state index in [1.165, 1.54) is 109 Å². The number of para-hydroxylation sites is 8. The van der Waals surface area contributed by atoms with Gasteiger partial charge in [-0.2, -0.15) is 0 Å². The van der Waals surface area contributed by atoms with Crippen LogP contribution in [0.5, 0.6) is 0 Å². The Kier molecular flexibility index (Phi) is 6.20. The van der Waals surface area contributed by atoms with Crippen molar-refractivity contribution in [2.75, 3.05) is 0 Å². The maximum atomic E-state index is 6.79. The minimum absolute atomic E-state index is 0.893.